The first-order chi connectivity index (χ1) is 10.7. The van der Waals surface area contributed by atoms with Gasteiger partial charge in [-0.3, -0.25) is 0 Å². The van der Waals surface area contributed by atoms with E-state index in [-0.39, 0.29) is 0 Å². The molecule has 116 valence electrons. The molecule has 0 unspecified atom stereocenters. The van der Waals surface area contributed by atoms with Crippen molar-refractivity contribution in [2.75, 3.05) is 0 Å². The van der Waals surface area contributed by atoms with Crippen LogP contribution in [0, 0.1) is 13.8 Å². The van der Waals surface area contributed by atoms with Crippen LogP contribution in [0.2, 0.25) is 0 Å². The molecule has 0 atom stereocenters. The lowest BCUT2D eigenvalue weighted by Crippen LogP contribution is -1.91. The Bertz CT molecular complexity index is 771. The Morgan fingerprint density at radius 1 is 0.955 bits per heavy atom. The van der Waals surface area contributed by atoms with E-state index in [9.17, 15) is 0 Å². The Balaban J connectivity index is 1.82. The van der Waals surface area contributed by atoms with Crippen molar-refractivity contribution in [1.82, 2.24) is 9.97 Å². The number of unbranched alkanes of at least 4 members (excludes halogenated alkanes) is 3. The van der Waals surface area contributed by atoms with Gasteiger partial charge in [0.15, 0.2) is 0 Å². The molecule has 0 aliphatic carbocycles. The topological polar surface area (TPSA) is 25.8 Å². The van der Waals surface area contributed by atoms with Gasteiger partial charge in [0.1, 0.15) is 11.0 Å². The Hall–Kier alpha value is -1.26. The van der Waals surface area contributed by atoms with Crippen LogP contribution < -0.4 is 0 Å². The Morgan fingerprint density at radius 2 is 1.77 bits per heavy atom. The molecule has 0 saturated carbocycles. The number of thiophene rings is 2. The van der Waals surface area contributed by atoms with Crippen LogP contribution in [-0.4, -0.2) is 9.97 Å². The van der Waals surface area contributed by atoms with Gasteiger partial charge < -0.3 is 0 Å². The monoisotopic (exact) mass is 330 g/mol. The maximum Gasteiger partial charge on any atom is 0.108 e. The maximum atomic E-state index is 4.76. The average Bonchev–Trinajstić information content (AvgIpc) is 3.11. The fourth-order valence-corrected chi connectivity index (χ4v) is 4.60. The van der Waals surface area contributed by atoms with E-state index >= 15 is 0 Å². The summed E-state index contributed by atoms with van der Waals surface area (Å²) in [6, 6.07) is 2.35. The molecule has 3 aromatic heterocycles. The molecular formula is C18H22N2S2. The number of hydrogen-bond acceptors (Lipinski definition) is 4. The standard InChI is InChI=1S/C18H22N2S2/c1-4-5-6-7-8-14-9-16(21-10-14)18-17-15(11-22-18)19-12(2)13(3)20-17/h9-11H,4-8H2,1-3H3. The highest BCUT2D eigenvalue weighted by molar-refractivity contribution is 7.21. The number of nitrogens with zero attached hydrogens (tertiary/aromatic N) is 2. The van der Waals surface area contributed by atoms with Crippen LogP contribution in [-0.2, 0) is 6.42 Å². The van der Waals surface area contributed by atoms with Crippen molar-refractivity contribution in [1.29, 1.82) is 0 Å². The minimum Gasteiger partial charge on any atom is -0.249 e. The Morgan fingerprint density at radius 3 is 2.59 bits per heavy atom. The normalized spacial score (nSPS) is 11.4. The van der Waals surface area contributed by atoms with E-state index in [2.05, 4.69) is 28.7 Å². The lowest BCUT2D eigenvalue weighted by atomic mass is 10.1. The molecule has 4 heteroatoms. The van der Waals surface area contributed by atoms with Crippen LogP contribution in [0.25, 0.3) is 20.8 Å². The predicted octanol–water partition coefficient (Wildman–Crippen LogP) is 6.16. The van der Waals surface area contributed by atoms with Gasteiger partial charge in [0.25, 0.3) is 0 Å². The van der Waals surface area contributed by atoms with Crippen LogP contribution in [0.5, 0.6) is 0 Å². The molecule has 3 aromatic rings. The van der Waals surface area contributed by atoms with Crippen molar-refractivity contribution in [3.63, 3.8) is 0 Å². The summed E-state index contributed by atoms with van der Waals surface area (Å²) in [5.41, 5.74) is 5.62. The van der Waals surface area contributed by atoms with Crippen LogP contribution in [0.3, 0.4) is 0 Å². The molecule has 3 heterocycles. The number of hydrogen-bond donors (Lipinski definition) is 0. The molecule has 0 saturated heterocycles. The first kappa shape index (κ1) is 15.6. The molecule has 22 heavy (non-hydrogen) atoms. The van der Waals surface area contributed by atoms with Crippen LogP contribution >= 0.6 is 22.7 Å². The summed E-state index contributed by atoms with van der Waals surface area (Å²) in [5, 5.41) is 4.44. The summed E-state index contributed by atoms with van der Waals surface area (Å²) in [4.78, 5) is 12.0. The number of aromatic nitrogens is 2. The molecule has 0 amide bonds. The summed E-state index contributed by atoms with van der Waals surface area (Å²) in [5.74, 6) is 0. The van der Waals surface area contributed by atoms with Gasteiger partial charge in [-0.25, -0.2) is 9.97 Å². The van der Waals surface area contributed by atoms with Crippen molar-refractivity contribution >= 4 is 33.7 Å². The van der Waals surface area contributed by atoms with E-state index in [1.165, 1.54) is 47.4 Å². The van der Waals surface area contributed by atoms with Gasteiger partial charge in [0.2, 0.25) is 0 Å². The van der Waals surface area contributed by atoms with Gasteiger partial charge in [-0.2, -0.15) is 0 Å². The van der Waals surface area contributed by atoms with Gasteiger partial charge in [0, 0.05) is 10.3 Å². The third kappa shape index (κ3) is 3.23. The largest absolute Gasteiger partial charge is 0.249 e. The fourth-order valence-electron chi connectivity index (χ4n) is 2.60. The van der Waals surface area contributed by atoms with Crippen LogP contribution in [0.1, 0.15) is 49.6 Å². The number of rotatable bonds is 6. The van der Waals surface area contributed by atoms with Crippen LogP contribution in [0.4, 0.5) is 0 Å². The minimum absolute atomic E-state index is 1.03. The molecular weight excluding hydrogens is 308 g/mol. The highest BCUT2D eigenvalue weighted by Gasteiger charge is 2.13. The summed E-state index contributed by atoms with van der Waals surface area (Å²) >= 11 is 3.60. The van der Waals surface area contributed by atoms with Gasteiger partial charge in [-0.05, 0) is 43.7 Å². The zero-order chi connectivity index (χ0) is 15.5. The number of aryl methyl sites for hydroxylation is 3. The zero-order valence-corrected chi connectivity index (χ0v) is 15.1. The lowest BCUT2D eigenvalue weighted by molar-refractivity contribution is 0.667. The van der Waals surface area contributed by atoms with E-state index in [1.807, 2.05) is 25.2 Å². The molecule has 0 aliphatic heterocycles. The predicted molar refractivity (Wildman–Crippen MR) is 98.0 cm³/mol. The van der Waals surface area contributed by atoms with Gasteiger partial charge in [-0.1, -0.05) is 26.2 Å². The first-order valence-corrected chi connectivity index (χ1v) is 9.75. The summed E-state index contributed by atoms with van der Waals surface area (Å²) in [6.07, 6.45) is 6.48. The summed E-state index contributed by atoms with van der Waals surface area (Å²) in [7, 11) is 0. The van der Waals surface area contributed by atoms with Gasteiger partial charge >= 0.3 is 0 Å². The van der Waals surface area contributed by atoms with Crippen molar-refractivity contribution in [3.8, 4) is 9.75 Å². The maximum absolute atomic E-state index is 4.76. The van der Waals surface area contributed by atoms with Crippen LogP contribution in [0.15, 0.2) is 16.8 Å². The third-order valence-corrected chi connectivity index (χ3v) is 6.15. The average molecular weight is 331 g/mol. The minimum atomic E-state index is 1.03. The van der Waals surface area contributed by atoms with Crippen molar-refractivity contribution < 1.29 is 0 Å². The van der Waals surface area contributed by atoms with E-state index in [0.29, 0.717) is 0 Å². The second-order valence-electron chi connectivity index (χ2n) is 5.82. The SMILES string of the molecule is CCCCCCc1csc(-c2scc3nc(C)c(C)nc23)c1. The second-order valence-corrected chi connectivity index (χ2v) is 7.61. The molecule has 3 rings (SSSR count). The second kappa shape index (κ2) is 6.88. The molecule has 0 aliphatic rings. The Labute approximate surface area is 140 Å². The third-order valence-electron chi connectivity index (χ3n) is 4.03. The molecule has 0 radical (unpaired) electrons. The first-order valence-electron chi connectivity index (χ1n) is 7.99. The molecule has 0 bridgehead atoms. The van der Waals surface area contributed by atoms with Crippen molar-refractivity contribution in [3.05, 3.63) is 33.8 Å². The molecule has 0 fully saturated rings. The van der Waals surface area contributed by atoms with E-state index in [1.54, 1.807) is 11.3 Å². The highest BCUT2D eigenvalue weighted by atomic mass is 32.1. The van der Waals surface area contributed by atoms with Crippen molar-refractivity contribution in [2.45, 2.75) is 52.9 Å². The highest BCUT2D eigenvalue weighted by Crippen LogP contribution is 2.37. The molecule has 0 N–H and O–H groups in total. The molecule has 0 aromatic carbocycles. The summed E-state index contributed by atoms with van der Waals surface area (Å²) < 4.78 is 0. The van der Waals surface area contributed by atoms with Gasteiger partial charge in [-0.15, -0.1) is 22.7 Å². The summed E-state index contributed by atoms with van der Waals surface area (Å²) in [6.45, 7) is 6.32. The van der Waals surface area contributed by atoms with E-state index < -0.39 is 0 Å². The zero-order valence-electron chi connectivity index (χ0n) is 13.5. The van der Waals surface area contributed by atoms with E-state index in [4.69, 9.17) is 4.98 Å². The van der Waals surface area contributed by atoms with E-state index in [0.717, 1.165) is 22.4 Å². The number of fused-ring (bicyclic) bond motifs is 1. The van der Waals surface area contributed by atoms with Gasteiger partial charge in [0.05, 0.1) is 16.3 Å². The molecule has 2 nitrogen and oxygen atoms in total. The lowest BCUT2D eigenvalue weighted by Gasteiger charge is -2.00. The van der Waals surface area contributed by atoms with Crippen molar-refractivity contribution in [2.24, 2.45) is 0 Å². The molecule has 0 spiro atoms. The Kier molecular flexibility index (Phi) is 4.89. The quantitative estimate of drug-likeness (QED) is 0.506. The fraction of sp³-hybridized carbons (Fsp3) is 0.444. The smallest absolute Gasteiger partial charge is 0.108 e.